The first-order chi connectivity index (χ1) is 9.50. The molecule has 0 radical (unpaired) electrons. The Morgan fingerprint density at radius 2 is 2.00 bits per heavy atom. The maximum absolute atomic E-state index is 11.7. The fraction of sp³-hybridized carbons (Fsp3) is 0.500. The molecule has 1 rings (SSSR count). The average Bonchev–Trinajstić information content (AvgIpc) is 2.42. The van der Waals surface area contributed by atoms with Crippen molar-refractivity contribution in [3.63, 3.8) is 0 Å². The van der Waals surface area contributed by atoms with Crippen molar-refractivity contribution >= 4 is 11.6 Å². The maximum Gasteiger partial charge on any atom is 0.269 e. The monoisotopic (exact) mass is 280 g/mol. The van der Waals surface area contributed by atoms with Gasteiger partial charge in [0.1, 0.15) is 0 Å². The molecular formula is C14H20N2O4. The van der Waals surface area contributed by atoms with Crippen molar-refractivity contribution in [3.8, 4) is 0 Å². The summed E-state index contributed by atoms with van der Waals surface area (Å²) in [4.78, 5) is 21.7. The van der Waals surface area contributed by atoms with Crippen LogP contribution in [0.15, 0.2) is 24.3 Å². The first-order valence-electron chi connectivity index (χ1n) is 6.61. The van der Waals surface area contributed by atoms with Gasteiger partial charge in [-0.2, -0.15) is 0 Å². The van der Waals surface area contributed by atoms with Gasteiger partial charge in [0, 0.05) is 37.5 Å². The molecule has 0 aliphatic rings. The minimum atomic E-state index is -0.492. The van der Waals surface area contributed by atoms with Crippen molar-refractivity contribution in [2.45, 2.75) is 20.3 Å². The summed E-state index contributed by atoms with van der Waals surface area (Å²) in [6.07, 6.45) is 0.742. The number of benzene rings is 1. The zero-order valence-electron chi connectivity index (χ0n) is 11.8. The topological polar surface area (TPSA) is 81.5 Å². The largest absolute Gasteiger partial charge is 0.381 e. The van der Waals surface area contributed by atoms with E-state index in [2.05, 4.69) is 19.2 Å². The van der Waals surface area contributed by atoms with Crippen molar-refractivity contribution in [1.29, 1.82) is 0 Å². The molecule has 1 amide bonds. The zero-order chi connectivity index (χ0) is 15.0. The van der Waals surface area contributed by atoms with Crippen molar-refractivity contribution in [3.05, 3.63) is 39.9 Å². The number of nitro benzene ring substituents is 1. The molecule has 20 heavy (non-hydrogen) atoms. The average molecular weight is 280 g/mol. The van der Waals surface area contributed by atoms with Crippen LogP contribution in [0.3, 0.4) is 0 Å². The Morgan fingerprint density at radius 1 is 1.35 bits per heavy atom. The summed E-state index contributed by atoms with van der Waals surface area (Å²) in [5.41, 5.74) is 0.391. The van der Waals surface area contributed by atoms with Gasteiger partial charge in [0.15, 0.2) is 0 Å². The van der Waals surface area contributed by atoms with Gasteiger partial charge in [-0.05, 0) is 24.5 Å². The van der Waals surface area contributed by atoms with Gasteiger partial charge in [-0.25, -0.2) is 0 Å². The second-order valence-corrected chi connectivity index (χ2v) is 4.88. The molecule has 0 unspecified atom stereocenters. The number of nitrogens with zero attached hydrogens (tertiary/aromatic N) is 1. The number of hydrogen-bond donors (Lipinski definition) is 1. The van der Waals surface area contributed by atoms with Crippen LogP contribution in [0.25, 0.3) is 0 Å². The van der Waals surface area contributed by atoms with E-state index in [9.17, 15) is 14.9 Å². The highest BCUT2D eigenvalue weighted by Gasteiger charge is 2.08. The highest BCUT2D eigenvalue weighted by Crippen LogP contribution is 2.11. The minimum absolute atomic E-state index is 0.0244. The van der Waals surface area contributed by atoms with Gasteiger partial charge in [-0.15, -0.1) is 0 Å². The van der Waals surface area contributed by atoms with Crippen LogP contribution in [-0.2, 0) is 4.74 Å². The molecule has 0 fully saturated rings. The number of carbonyl (C=O) groups is 1. The van der Waals surface area contributed by atoms with E-state index in [0.29, 0.717) is 24.6 Å². The molecule has 0 spiro atoms. The third kappa shape index (κ3) is 5.79. The molecule has 6 nitrogen and oxygen atoms in total. The third-order valence-electron chi connectivity index (χ3n) is 2.54. The number of non-ortho nitro benzene ring substituents is 1. The highest BCUT2D eigenvalue weighted by atomic mass is 16.6. The van der Waals surface area contributed by atoms with Gasteiger partial charge < -0.3 is 10.1 Å². The molecule has 0 aromatic heterocycles. The summed E-state index contributed by atoms with van der Waals surface area (Å²) in [5.74, 6) is 0.272. The van der Waals surface area contributed by atoms with Crippen molar-refractivity contribution in [2.75, 3.05) is 19.8 Å². The number of nitrogens with one attached hydrogen (secondary N) is 1. The second-order valence-electron chi connectivity index (χ2n) is 4.88. The predicted molar refractivity (Wildman–Crippen MR) is 75.7 cm³/mol. The van der Waals surface area contributed by atoms with Gasteiger partial charge >= 0.3 is 0 Å². The molecular weight excluding hydrogens is 260 g/mol. The fourth-order valence-electron chi connectivity index (χ4n) is 1.53. The first-order valence-corrected chi connectivity index (χ1v) is 6.61. The lowest BCUT2D eigenvalue weighted by Gasteiger charge is -2.07. The smallest absolute Gasteiger partial charge is 0.269 e. The van der Waals surface area contributed by atoms with E-state index in [0.717, 1.165) is 13.0 Å². The molecule has 110 valence electrons. The standard InChI is InChI=1S/C14H20N2O4/c1-11(2)10-20-9-3-8-15-14(17)12-4-6-13(7-5-12)16(18)19/h4-7,11H,3,8-10H2,1-2H3,(H,15,17). The Balaban J connectivity index is 2.27. The number of ether oxygens (including phenoxy) is 1. The Morgan fingerprint density at radius 3 is 2.55 bits per heavy atom. The van der Waals surface area contributed by atoms with E-state index in [1.54, 1.807) is 0 Å². The normalized spacial score (nSPS) is 10.6. The van der Waals surface area contributed by atoms with Crippen molar-refractivity contribution in [1.82, 2.24) is 5.32 Å². The fourth-order valence-corrected chi connectivity index (χ4v) is 1.53. The van der Waals surface area contributed by atoms with Crippen LogP contribution in [-0.4, -0.2) is 30.6 Å². The second kappa shape index (κ2) is 8.27. The summed E-state index contributed by atoms with van der Waals surface area (Å²) < 4.78 is 5.40. The van der Waals surface area contributed by atoms with Crippen LogP contribution < -0.4 is 5.32 Å². The molecule has 0 saturated carbocycles. The number of nitro groups is 1. The summed E-state index contributed by atoms with van der Waals surface area (Å²) in [6, 6.07) is 5.53. The number of rotatable bonds is 8. The molecule has 1 N–H and O–H groups in total. The lowest BCUT2D eigenvalue weighted by molar-refractivity contribution is -0.384. The maximum atomic E-state index is 11.7. The molecule has 0 saturated heterocycles. The van der Waals surface area contributed by atoms with Crippen molar-refractivity contribution < 1.29 is 14.5 Å². The lowest BCUT2D eigenvalue weighted by Crippen LogP contribution is -2.25. The van der Waals surface area contributed by atoms with Gasteiger partial charge in [0.25, 0.3) is 11.6 Å². The van der Waals surface area contributed by atoms with Crippen LogP contribution in [0.1, 0.15) is 30.6 Å². The molecule has 0 aliphatic carbocycles. The molecule has 0 heterocycles. The molecule has 0 aliphatic heterocycles. The minimum Gasteiger partial charge on any atom is -0.381 e. The summed E-state index contributed by atoms with van der Waals surface area (Å²) in [7, 11) is 0. The third-order valence-corrected chi connectivity index (χ3v) is 2.54. The molecule has 6 heteroatoms. The molecule has 0 atom stereocenters. The summed E-state index contributed by atoms with van der Waals surface area (Å²) >= 11 is 0. The van der Waals surface area contributed by atoms with Gasteiger partial charge in [-0.3, -0.25) is 14.9 Å². The van der Waals surface area contributed by atoms with E-state index in [1.807, 2.05) is 0 Å². The van der Waals surface area contributed by atoms with Gasteiger partial charge in [0.05, 0.1) is 4.92 Å². The Kier molecular flexibility index (Phi) is 6.66. The van der Waals surface area contributed by atoms with E-state index in [4.69, 9.17) is 4.74 Å². The van der Waals surface area contributed by atoms with Crippen LogP contribution >= 0.6 is 0 Å². The summed E-state index contributed by atoms with van der Waals surface area (Å²) in [6.45, 7) is 6.01. The Labute approximate surface area is 118 Å². The number of hydrogen-bond acceptors (Lipinski definition) is 4. The Bertz CT molecular complexity index is 443. The van der Waals surface area contributed by atoms with E-state index >= 15 is 0 Å². The molecule has 1 aromatic rings. The number of amides is 1. The zero-order valence-corrected chi connectivity index (χ0v) is 11.8. The lowest BCUT2D eigenvalue weighted by atomic mass is 10.2. The van der Waals surface area contributed by atoms with E-state index in [-0.39, 0.29) is 11.6 Å². The van der Waals surface area contributed by atoms with Crippen LogP contribution in [0.5, 0.6) is 0 Å². The quantitative estimate of drug-likeness (QED) is 0.450. The molecule has 1 aromatic carbocycles. The van der Waals surface area contributed by atoms with Gasteiger partial charge in [0.2, 0.25) is 0 Å². The predicted octanol–water partition coefficient (Wildman–Crippen LogP) is 2.39. The van der Waals surface area contributed by atoms with E-state index in [1.165, 1.54) is 24.3 Å². The van der Waals surface area contributed by atoms with Crippen LogP contribution in [0.4, 0.5) is 5.69 Å². The SMILES string of the molecule is CC(C)COCCCNC(=O)c1ccc([N+](=O)[O-])cc1. The highest BCUT2D eigenvalue weighted by molar-refractivity contribution is 5.94. The van der Waals surface area contributed by atoms with E-state index < -0.39 is 4.92 Å². The Hall–Kier alpha value is -1.95. The van der Waals surface area contributed by atoms with Crippen LogP contribution in [0.2, 0.25) is 0 Å². The number of carbonyl (C=O) groups excluding carboxylic acids is 1. The van der Waals surface area contributed by atoms with Gasteiger partial charge in [-0.1, -0.05) is 13.8 Å². The summed E-state index contributed by atoms with van der Waals surface area (Å²) in [5, 5.41) is 13.2. The first kappa shape index (κ1) is 16.1. The molecule has 0 bridgehead atoms. The van der Waals surface area contributed by atoms with Crippen molar-refractivity contribution in [2.24, 2.45) is 5.92 Å². The van der Waals surface area contributed by atoms with Crippen LogP contribution in [0, 0.1) is 16.0 Å².